The molecule has 0 saturated heterocycles. The van der Waals surface area contributed by atoms with E-state index in [2.05, 4.69) is 10.4 Å². The monoisotopic (exact) mass is 464 g/mol. The van der Waals surface area contributed by atoms with E-state index in [1.165, 1.54) is 0 Å². The molecule has 0 fully saturated rings. The van der Waals surface area contributed by atoms with E-state index in [0.717, 1.165) is 22.2 Å². The van der Waals surface area contributed by atoms with E-state index in [9.17, 15) is 9.59 Å². The van der Waals surface area contributed by atoms with Crippen molar-refractivity contribution < 1.29 is 19.1 Å². The summed E-state index contributed by atoms with van der Waals surface area (Å²) in [5.41, 5.74) is 1.66. The molecule has 1 aliphatic rings. The topological polar surface area (TPSA) is 85.7 Å². The lowest BCUT2D eigenvalue weighted by Crippen LogP contribution is -2.41. The molecule has 2 heterocycles. The maximum atomic E-state index is 13.4. The van der Waals surface area contributed by atoms with Crippen LogP contribution in [0, 0.1) is 0 Å². The number of aromatic nitrogens is 2. The zero-order chi connectivity index (χ0) is 24.7. The molecule has 0 unspecified atom stereocenters. The molecule has 2 aromatic carbocycles. The Morgan fingerprint density at radius 3 is 2.53 bits per heavy atom. The second kappa shape index (κ2) is 8.66. The predicted octanol–water partition coefficient (Wildman–Crippen LogP) is 4.37. The number of carbonyl (C=O) groups excluding carboxylic acids is 2. The number of amides is 2. The van der Waals surface area contributed by atoms with E-state index in [1.54, 1.807) is 17.0 Å². The van der Waals surface area contributed by atoms with Crippen LogP contribution in [0.1, 0.15) is 56.2 Å². The van der Waals surface area contributed by atoms with Crippen LogP contribution in [0.3, 0.4) is 0 Å². The van der Waals surface area contributed by atoms with Gasteiger partial charge in [0.2, 0.25) is 0 Å². The van der Waals surface area contributed by atoms with Crippen LogP contribution in [-0.2, 0) is 23.9 Å². The lowest BCUT2D eigenvalue weighted by molar-refractivity contribution is 0.0225. The van der Waals surface area contributed by atoms with Gasteiger partial charge in [0.1, 0.15) is 18.0 Å². The maximum Gasteiger partial charge on any atom is 0.410 e. The highest BCUT2D eigenvalue weighted by atomic mass is 16.6. The summed E-state index contributed by atoms with van der Waals surface area (Å²) in [6, 6.07) is 13.4. The Bertz CT molecular complexity index is 1240. The first kappa shape index (κ1) is 23.6. The van der Waals surface area contributed by atoms with Crippen LogP contribution in [0.2, 0.25) is 0 Å². The van der Waals surface area contributed by atoms with Gasteiger partial charge in [-0.25, -0.2) is 4.79 Å². The SMILES string of the molecule is Cn1nc(C(C)(C)NC(=O)c2cccc3c2OCCN(C(=O)OC(C)(C)C)C3)c2ccccc21. The molecule has 0 radical (unpaired) electrons. The summed E-state index contributed by atoms with van der Waals surface area (Å²) in [6.07, 6.45) is -0.401. The van der Waals surface area contributed by atoms with Crippen LogP contribution >= 0.6 is 0 Å². The Kier molecular flexibility index (Phi) is 6.02. The molecule has 1 aliphatic heterocycles. The van der Waals surface area contributed by atoms with Crippen molar-refractivity contribution in [2.75, 3.05) is 13.2 Å². The maximum absolute atomic E-state index is 13.4. The molecule has 8 heteroatoms. The van der Waals surface area contributed by atoms with Crippen LogP contribution in [-0.4, -0.2) is 45.4 Å². The van der Waals surface area contributed by atoms with E-state index >= 15 is 0 Å². The predicted molar refractivity (Wildman–Crippen MR) is 130 cm³/mol. The number of aryl methyl sites for hydroxylation is 1. The summed E-state index contributed by atoms with van der Waals surface area (Å²) < 4.78 is 13.3. The molecule has 2 amide bonds. The summed E-state index contributed by atoms with van der Waals surface area (Å²) in [5.74, 6) is 0.232. The molecule has 1 N–H and O–H groups in total. The fourth-order valence-electron chi connectivity index (χ4n) is 4.17. The third kappa shape index (κ3) is 4.71. The molecule has 180 valence electrons. The summed E-state index contributed by atoms with van der Waals surface area (Å²) in [7, 11) is 1.89. The van der Waals surface area contributed by atoms with E-state index in [0.29, 0.717) is 24.4 Å². The van der Waals surface area contributed by atoms with Crippen molar-refractivity contribution in [2.45, 2.75) is 52.3 Å². The molecule has 8 nitrogen and oxygen atoms in total. The van der Waals surface area contributed by atoms with Crippen molar-refractivity contribution in [3.63, 3.8) is 0 Å². The highest BCUT2D eigenvalue weighted by Crippen LogP contribution is 2.31. The summed E-state index contributed by atoms with van der Waals surface area (Å²) in [4.78, 5) is 27.6. The van der Waals surface area contributed by atoms with Gasteiger partial charge in [-0.1, -0.05) is 30.3 Å². The molecule has 4 rings (SSSR count). The van der Waals surface area contributed by atoms with Gasteiger partial charge in [-0.3, -0.25) is 9.48 Å². The minimum Gasteiger partial charge on any atom is -0.491 e. The van der Waals surface area contributed by atoms with Crippen LogP contribution in [0.5, 0.6) is 5.75 Å². The standard InChI is InChI=1S/C26H32N4O4/c1-25(2,3)34-24(32)30-14-15-33-21-17(16-30)10-9-12-19(21)23(31)27-26(4,5)22-18-11-7-8-13-20(18)29(6)28-22/h7-13H,14-16H2,1-6H3,(H,27,31). The van der Waals surface area contributed by atoms with E-state index in [-0.39, 0.29) is 12.5 Å². The third-order valence-electron chi connectivity index (χ3n) is 5.74. The van der Waals surface area contributed by atoms with E-state index in [1.807, 2.05) is 76.7 Å². The lowest BCUT2D eigenvalue weighted by Gasteiger charge is -2.26. The highest BCUT2D eigenvalue weighted by molar-refractivity contribution is 5.98. The van der Waals surface area contributed by atoms with Crippen molar-refractivity contribution in [3.8, 4) is 5.75 Å². The smallest absolute Gasteiger partial charge is 0.410 e. The van der Waals surface area contributed by atoms with Gasteiger partial charge in [-0.15, -0.1) is 0 Å². The van der Waals surface area contributed by atoms with Crippen molar-refractivity contribution in [3.05, 3.63) is 59.3 Å². The van der Waals surface area contributed by atoms with Crippen LogP contribution < -0.4 is 10.1 Å². The molecule has 0 bridgehead atoms. The van der Waals surface area contributed by atoms with Crippen molar-refractivity contribution >= 4 is 22.9 Å². The lowest BCUT2D eigenvalue weighted by atomic mass is 9.96. The largest absolute Gasteiger partial charge is 0.491 e. The van der Waals surface area contributed by atoms with Crippen molar-refractivity contribution in [1.82, 2.24) is 20.0 Å². The second-order valence-corrected chi connectivity index (χ2v) is 10.1. The quantitative estimate of drug-likeness (QED) is 0.622. The average molecular weight is 465 g/mol. The Balaban J connectivity index is 1.59. The molecule has 0 saturated carbocycles. The van der Waals surface area contributed by atoms with Gasteiger partial charge in [0.25, 0.3) is 5.91 Å². The number of para-hydroxylation sites is 2. The Labute approximate surface area is 199 Å². The normalized spacial score (nSPS) is 14.2. The van der Waals surface area contributed by atoms with Crippen LogP contribution in [0.15, 0.2) is 42.5 Å². The Morgan fingerprint density at radius 2 is 1.79 bits per heavy atom. The molecule has 0 aliphatic carbocycles. The number of benzene rings is 2. The molecular formula is C26H32N4O4. The zero-order valence-electron chi connectivity index (χ0n) is 20.6. The molecule has 1 aromatic heterocycles. The van der Waals surface area contributed by atoms with E-state index < -0.39 is 17.2 Å². The second-order valence-electron chi connectivity index (χ2n) is 10.1. The minimum absolute atomic E-state index is 0.262. The zero-order valence-corrected chi connectivity index (χ0v) is 20.6. The van der Waals surface area contributed by atoms with Gasteiger partial charge in [0.15, 0.2) is 0 Å². The molecule has 0 spiro atoms. The fourth-order valence-corrected chi connectivity index (χ4v) is 4.17. The molecule has 3 aromatic rings. The number of hydrogen-bond acceptors (Lipinski definition) is 5. The number of hydrogen-bond donors (Lipinski definition) is 1. The first-order chi connectivity index (χ1) is 16.0. The van der Waals surface area contributed by atoms with Crippen molar-refractivity contribution in [1.29, 1.82) is 0 Å². The number of ether oxygens (including phenoxy) is 2. The van der Waals surface area contributed by atoms with Gasteiger partial charge in [-0.2, -0.15) is 5.10 Å². The number of carbonyl (C=O) groups is 2. The minimum atomic E-state index is -0.728. The van der Waals surface area contributed by atoms with E-state index in [4.69, 9.17) is 9.47 Å². The Hall–Kier alpha value is -3.55. The third-order valence-corrected chi connectivity index (χ3v) is 5.74. The summed E-state index contributed by atoms with van der Waals surface area (Å²) in [5, 5.41) is 8.80. The highest BCUT2D eigenvalue weighted by Gasteiger charge is 2.32. The van der Waals surface area contributed by atoms with Gasteiger partial charge in [-0.05, 0) is 46.8 Å². The van der Waals surface area contributed by atoms with Crippen LogP contribution in [0.4, 0.5) is 4.79 Å². The first-order valence-electron chi connectivity index (χ1n) is 11.4. The van der Waals surface area contributed by atoms with Gasteiger partial charge in [0, 0.05) is 18.0 Å². The number of nitrogens with zero attached hydrogens (tertiary/aromatic N) is 3. The fraction of sp³-hybridized carbons (Fsp3) is 0.423. The number of rotatable bonds is 3. The van der Waals surface area contributed by atoms with Crippen molar-refractivity contribution in [2.24, 2.45) is 7.05 Å². The first-order valence-corrected chi connectivity index (χ1v) is 11.4. The Morgan fingerprint density at radius 1 is 1.06 bits per heavy atom. The molecule has 0 atom stereocenters. The number of fused-ring (bicyclic) bond motifs is 2. The summed E-state index contributed by atoms with van der Waals surface area (Å²) >= 11 is 0. The van der Waals surface area contributed by atoms with Gasteiger partial charge in [0.05, 0.1) is 35.4 Å². The molecule has 34 heavy (non-hydrogen) atoms. The number of nitrogens with one attached hydrogen (secondary N) is 1. The van der Waals surface area contributed by atoms with Crippen LogP contribution in [0.25, 0.3) is 10.9 Å². The van der Waals surface area contributed by atoms with Gasteiger partial charge >= 0.3 is 6.09 Å². The average Bonchev–Trinajstić information content (AvgIpc) is 2.95. The summed E-state index contributed by atoms with van der Waals surface area (Å²) in [6.45, 7) is 10.3. The molecular weight excluding hydrogens is 432 g/mol. The van der Waals surface area contributed by atoms with Gasteiger partial charge < -0.3 is 19.7 Å².